The average molecular weight is 666 g/mol. The maximum atomic E-state index is 12.8. The highest BCUT2D eigenvalue weighted by Gasteiger charge is 2.60. The highest BCUT2D eigenvalue weighted by Crippen LogP contribution is 2.60. The van der Waals surface area contributed by atoms with Crippen molar-refractivity contribution in [1.82, 2.24) is 0 Å². The minimum atomic E-state index is -0.807. The summed E-state index contributed by atoms with van der Waals surface area (Å²) >= 11 is 4.21. The number of carboxylic acid groups (broad SMARTS) is 1. The Kier molecular flexibility index (Phi) is 6.77. The van der Waals surface area contributed by atoms with E-state index in [9.17, 15) is 19.5 Å². The van der Waals surface area contributed by atoms with Crippen molar-refractivity contribution < 1.29 is 33.7 Å². The van der Waals surface area contributed by atoms with Crippen LogP contribution in [0.5, 0.6) is 5.75 Å². The summed E-state index contributed by atoms with van der Waals surface area (Å²) in [4.78, 5) is 36.5. The van der Waals surface area contributed by atoms with Gasteiger partial charge in [0.2, 0.25) is 0 Å². The van der Waals surface area contributed by atoms with Crippen LogP contribution in [0, 0.1) is 30.3 Å². The number of carbonyl (C=O) groups excluding carboxylic acids is 2. The van der Waals surface area contributed by atoms with Gasteiger partial charge in [0.05, 0.1) is 8.99 Å². The Morgan fingerprint density at radius 3 is 2.41 bits per heavy atom. The van der Waals surface area contributed by atoms with E-state index in [1.54, 1.807) is 13.0 Å². The fourth-order valence-electron chi connectivity index (χ4n) is 5.75. The first-order valence-electron chi connectivity index (χ1n) is 10.5. The van der Waals surface area contributed by atoms with Gasteiger partial charge in [0.25, 0.3) is 0 Å². The predicted molar refractivity (Wildman–Crippen MR) is 131 cm³/mol. The number of aliphatic carboxylic acids is 1. The Labute approximate surface area is 213 Å². The number of hydrogen-bond donors (Lipinski definition) is 1. The minimum Gasteiger partial charge on any atom is -0.481 e. The maximum Gasteiger partial charge on any atom is 0.514 e. The Morgan fingerprint density at radius 1 is 1.16 bits per heavy atom. The molecule has 4 bridgehead atoms. The maximum absolute atomic E-state index is 12.8. The van der Waals surface area contributed by atoms with E-state index in [2.05, 4.69) is 51.8 Å². The molecule has 0 radical (unpaired) electrons. The number of esters is 1. The van der Waals surface area contributed by atoms with E-state index in [4.69, 9.17) is 14.2 Å². The van der Waals surface area contributed by atoms with Gasteiger partial charge in [-0.05, 0) is 114 Å². The molecule has 4 aliphatic rings. The number of carbonyl (C=O) groups is 3. The standard InChI is InChI=1S/C23H24I2O7/c1-11(2)20(26)30-10-15-5-16(24)6-17(25)19(15)32-22(29)31-18-13-3-12-4-14(18)9-23(7-12,8-13)21(27)28/h5-6,12-14,18H,1,3-4,7-10H2,2H3,(H,27,28). The van der Waals surface area contributed by atoms with Gasteiger partial charge >= 0.3 is 18.1 Å². The third-order valence-corrected chi connectivity index (χ3v) is 8.27. The van der Waals surface area contributed by atoms with E-state index in [0.717, 1.165) is 22.8 Å². The summed E-state index contributed by atoms with van der Waals surface area (Å²) < 4.78 is 18.2. The largest absolute Gasteiger partial charge is 0.514 e. The molecule has 0 heterocycles. The van der Waals surface area contributed by atoms with Crippen molar-refractivity contribution in [2.75, 3.05) is 0 Å². The van der Waals surface area contributed by atoms with Crippen LogP contribution in [-0.2, 0) is 25.7 Å². The van der Waals surface area contributed by atoms with Gasteiger partial charge in [0.15, 0.2) is 5.75 Å². The monoisotopic (exact) mass is 666 g/mol. The lowest BCUT2D eigenvalue weighted by molar-refractivity contribution is -0.179. The Bertz CT molecular complexity index is 973. The summed E-state index contributed by atoms with van der Waals surface area (Å²) in [6, 6.07) is 3.64. The van der Waals surface area contributed by atoms with Crippen molar-refractivity contribution in [2.45, 2.75) is 51.7 Å². The van der Waals surface area contributed by atoms with Crippen molar-refractivity contribution in [1.29, 1.82) is 0 Å². The third-order valence-electron chi connectivity index (χ3n) is 6.85. The van der Waals surface area contributed by atoms with E-state index < -0.39 is 23.5 Å². The van der Waals surface area contributed by atoms with Gasteiger partial charge in [-0.15, -0.1) is 0 Å². The molecule has 0 spiro atoms. The van der Waals surface area contributed by atoms with E-state index in [1.165, 1.54) is 0 Å². The van der Waals surface area contributed by atoms with E-state index >= 15 is 0 Å². The molecule has 1 aromatic carbocycles. The smallest absolute Gasteiger partial charge is 0.481 e. The normalized spacial score (nSPS) is 30.0. The molecule has 4 fully saturated rings. The van der Waals surface area contributed by atoms with Gasteiger partial charge in [-0.1, -0.05) is 6.58 Å². The summed E-state index contributed by atoms with van der Waals surface area (Å²) in [5.41, 5.74) is 0.183. The molecule has 4 saturated carbocycles. The quantitative estimate of drug-likeness (QED) is 0.190. The molecule has 0 amide bonds. The molecular formula is C23H24I2O7. The molecule has 32 heavy (non-hydrogen) atoms. The highest BCUT2D eigenvalue weighted by molar-refractivity contribution is 14.1. The van der Waals surface area contributed by atoms with Crippen molar-refractivity contribution in [3.63, 3.8) is 0 Å². The van der Waals surface area contributed by atoms with Crippen LogP contribution in [0.2, 0.25) is 0 Å². The van der Waals surface area contributed by atoms with Crippen molar-refractivity contribution in [2.24, 2.45) is 23.2 Å². The van der Waals surface area contributed by atoms with Crippen LogP contribution in [0.4, 0.5) is 4.79 Å². The van der Waals surface area contributed by atoms with Gasteiger partial charge in [0, 0.05) is 14.7 Å². The summed E-state index contributed by atoms with van der Waals surface area (Å²) in [7, 11) is 0. The molecule has 1 N–H and O–H groups in total. The molecule has 0 aromatic heterocycles. The summed E-state index contributed by atoms with van der Waals surface area (Å²) in [6.07, 6.45) is 2.50. The molecule has 2 unspecified atom stereocenters. The SMILES string of the molecule is C=C(C)C(=O)OCc1cc(I)cc(I)c1OC(=O)OC1C2CC3CC1CC(C(=O)O)(C3)C2. The van der Waals surface area contributed by atoms with Crippen LogP contribution in [0.15, 0.2) is 24.3 Å². The summed E-state index contributed by atoms with van der Waals surface area (Å²) in [5.74, 6) is -0.440. The van der Waals surface area contributed by atoms with Crippen molar-refractivity contribution >= 4 is 63.3 Å². The molecule has 9 heteroatoms. The zero-order valence-corrected chi connectivity index (χ0v) is 21.9. The second-order valence-electron chi connectivity index (χ2n) is 9.22. The lowest BCUT2D eigenvalue weighted by Gasteiger charge is -2.57. The van der Waals surface area contributed by atoms with Crippen LogP contribution >= 0.6 is 45.2 Å². The zero-order valence-electron chi connectivity index (χ0n) is 17.6. The van der Waals surface area contributed by atoms with Gasteiger partial charge in [0.1, 0.15) is 12.7 Å². The number of halogens is 2. The molecule has 172 valence electrons. The lowest BCUT2D eigenvalue weighted by atomic mass is 9.48. The predicted octanol–water partition coefficient (Wildman–Crippen LogP) is 5.31. The highest BCUT2D eigenvalue weighted by atomic mass is 127. The number of benzene rings is 1. The topological polar surface area (TPSA) is 99.1 Å². The molecule has 2 atom stereocenters. The fraction of sp³-hybridized carbons (Fsp3) is 0.522. The van der Waals surface area contributed by atoms with Crippen LogP contribution in [-0.4, -0.2) is 29.3 Å². The summed E-state index contributed by atoms with van der Waals surface area (Å²) in [6.45, 7) is 5.08. The third kappa shape index (κ3) is 4.64. The van der Waals surface area contributed by atoms with Crippen molar-refractivity contribution in [3.8, 4) is 5.75 Å². The molecule has 0 saturated heterocycles. The first-order valence-corrected chi connectivity index (χ1v) is 12.7. The first-order chi connectivity index (χ1) is 15.1. The zero-order chi connectivity index (χ0) is 23.2. The van der Waals surface area contributed by atoms with Gasteiger partial charge in [-0.3, -0.25) is 4.79 Å². The van der Waals surface area contributed by atoms with Gasteiger partial charge in [-0.25, -0.2) is 9.59 Å². The molecule has 5 rings (SSSR count). The number of carboxylic acids is 1. The van der Waals surface area contributed by atoms with Gasteiger partial charge < -0.3 is 19.3 Å². The first kappa shape index (κ1) is 23.8. The minimum absolute atomic E-state index is 0.0525. The van der Waals surface area contributed by atoms with Crippen LogP contribution in [0.1, 0.15) is 44.6 Å². The van der Waals surface area contributed by atoms with Crippen LogP contribution in [0.3, 0.4) is 0 Å². The fourth-order valence-corrected chi connectivity index (χ4v) is 7.83. The number of rotatable bonds is 6. The van der Waals surface area contributed by atoms with E-state index in [1.807, 2.05) is 6.07 Å². The van der Waals surface area contributed by atoms with Crippen LogP contribution in [0.25, 0.3) is 0 Å². The van der Waals surface area contributed by atoms with E-state index in [-0.39, 0.29) is 30.1 Å². The molecule has 7 nitrogen and oxygen atoms in total. The van der Waals surface area contributed by atoms with Crippen molar-refractivity contribution in [3.05, 3.63) is 37.0 Å². The Morgan fingerprint density at radius 2 is 1.81 bits per heavy atom. The van der Waals surface area contributed by atoms with E-state index in [0.29, 0.717) is 33.6 Å². The van der Waals surface area contributed by atoms with Crippen LogP contribution < -0.4 is 4.74 Å². The Balaban J connectivity index is 1.46. The molecular weight excluding hydrogens is 642 g/mol. The second kappa shape index (κ2) is 9.11. The number of hydrogen-bond acceptors (Lipinski definition) is 6. The average Bonchev–Trinajstić information content (AvgIpc) is 2.70. The molecule has 4 aliphatic carbocycles. The van der Waals surface area contributed by atoms with Gasteiger partial charge in [-0.2, -0.15) is 0 Å². The number of ether oxygens (including phenoxy) is 3. The second-order valence-corrected chi connectivity index (χ2v) is 11.6. The molecule has 0 aliphatic heterocycles. The lowest BCUT2D eigenvalue weighted by Crippen LogP contribution is -2.57. The Hall–Kier alpha value is -1.37. The summed E-state index contributed by atoms with van der Waals surface area (Å²) in [5, 5.41) is 9.77. The molecule has 1 aromatic rings.